The van der Waals surface area contributed by atoms with Crippen molar-refractivity contribution in [3.05, 3.63) is 84.9 Å². The lowest BCUT2D eigenvalue weighted by Gasteiger charge is -1.85. The van der Waals surface area contributed by atoms with Crippen molar-refractivity contribution in [2.45, 2.75) is 0 Å². The second-order valence-corrected chi connectivity index (χ2v) is 3.23. The van der Waals surface area contributed by atoms with Gasteiger partial charge in [0.25, 0.3) is 0 Å². The van der Waals surface area contributed by atoms with E-state index in [1.54, 1.807) is 0 Å². The van der Waals surface area contributed by atoms with Crippen molar-refractivity contribution < 1.29 is 10.2 Å². The normalized spacial score (nSPS) is 7.40. The Morgan fingerprint density at radius 1 is 0.600 bits per heavy atom. The predicted octanol–water partition coefficient (Wildman–Crippen LogP) is 3.88. The molecule has 0 saturated heterocycles. The van der Waals surface area contributed by atoms with E-state index in [9.17, 15) is 0 Å². The van der Waals surface area contributed by atoms with E-state index < -0.39 is 0 Å². The zero-order chi connectivity index (χ0) is 15.6. The summed E-state index contributed by atoms with van der Waals surface area (Å²) in [7, 11) is 2.00. The van der Waals surface area contributed by atoms with Crippen LogP contribution in [0.1, 0.15) is 11.1 Å². The van der Waals surface area contributed by atoms with Gasteiger partial charge in [0, 0.05) is 14.2 Å². The second-order valence-electron chi connectivity index (χ2n) is 3.23. The molecule has 0 heterocycles. The molecule has 2 aromatic rings. The third-order valence-corrected chi connectivity index (χ3v) is 2.07. The molecule has 0 atom stereocenters. The van der Waals surface area contributed by atoms with Crippen LogP contribution in [-0.4, -0.2) is 24.4 Å². The summed E-state index contributed by atoms with van der Waals surface area (Å²) in [5.41, 5.74) is 2.35. The molecule has 0 aromatic heterocycles. The van der Waals surface area contributed by atoms with E-state index in [4.69, 9.17) is 10.2 Å². The number of aliphatic hydroxyl groups excluding tert-OH is 2. The maximum atomic E-state index is 7.00. The Labute approximate surface area is 122 Å². The average Bonchev–Trinajstić information content (AvgIpc) is 2.60. The highest BCUT2D eigenvalue weighted by atomic mass is 16.2. The first-order valence-corrected chi connectivity index (χ1v) is 6.11. The SMILES string of the molecule is C=Cc1ccccc1.C=Cc1ccccc1.CO.CO. The summed E-state index contributed by atoms with van der Waals surface area (Å²) >= 11 is 0. The standard InChI is InChI=1S/2C8H8.2CH4O/c2*1-2-8-6-4-3-5-7-8;2*1-2/h2*2-7H,1H2;2*2H,1H3. The average molecular weight is 272 g/mol. The van der Waals surface area contributed by atoms with Gasteiger partial charge in [-0.15, -0.1) is 0 Å². The highest BCUT2D eigenvalue weighted by Crippen LogP contribution is 1.98. The molecule has 2 N–H and O–H groups in total. The van der Waals surface area contributed by atoms with Crippen molar-refractivity contribution in [1.29, 1.82) is 0 Å². The first-order chi connectivity index (χ1) is 9.86. The number of hydrogen-bond acceptors (Lipinski definition) is 2. The summed E-state index contributed by atoms with van der Waals surface area (Å²) in [5, 5.41) is 14.0. The highest BCUT2D eigenvalue weighted by Gasteiger charge is 1.76. The Kier molecular flexibility index (Phi) is 17.0. The van der Waals surface area contributed by atoms with Crippen molar-refractivity contribution in [3.8, 4) is 0 Å². The van der Waals surface area contributed by atoms with Crippen LogP contribution in [0, 0.1) is 0 Å². The highest BCUT2D eigenvalue weighted by molar-refractivity contribution is 5.46. The Bertz CT molecular complexity index is 378. The van der Waals surface area contributed by atoms with Crippen LogP contribution in [0.15, 0.2) is 73.8 Å². The largest absolute Gasteiger partial charge is 0.400 e. The molecular formula is C18H24O2. The van der Waals surface area contributed by atoms with E-state index >= 15 is 0 Å². The van der Waals surface area contributed by atoms with Crippen molar-refractivity contribution in [2.24, 2.45) is 0 Å². The summed E-state index contributed by atoms with van der Waals surface area (Å²) in [6.07, 6.45) is 3.67. The van der Waals surface area contributed by atoms with E-state index in [0.29, 0.717) is 0 Å². The summed E-state index contributed by atoms with van der Waals surface area (Å²) in [5.74, 6) is 0. The molecule has 2 aromatic carbocycles. The zero-order valence-corrected chi connectivity index (χ0v) is 12.2. The lowest BCUT2D eigenvalue weighted by Crippen LogP contribution is -1.63. The minimum Gasteiger partial charge on any atom is -0.400 e. The van der Waals surface area contributed by atoms with Crippen LogP contribution in [0.25, 0.3) is 12.2 Å². The molecule has 0 saturated carbocycles. The molecule has 2 nitrogen and oxygen atoms in total. The van der Waals surface area contributed by atoms with Crippen LogP contribution in [-0.2, 0) is 0 Å². The Balaban J connectivity index is 0. The molecular weight excluding hydrogens is 248 g/mol. The van der Waals surface area contributed by atoms with Crippen LogP contribution in [0.5, 0.6) is 0 Å². The Hall–Kier alpha value is -2.16. The van der Waals surface area contributed by atoms with Crippen molar-refractivity contribution in [1.82, 2.24) is 0 Å². The summed E-state index contributed by atoms with van der Waals surface area (Å²) in [4.78, 5) is 0. The lowest BCUT2D eigenvalue weighted by molar-refractivity contribution is 0.399. The van der Waals surface area contributed by atoms with Gasteiger partial charge in [0.05, 0.1) is 0 Å². The van der Waals surface area contributed by atoms with Gasteiger partial charge >= 0.3 is 0 Å². The summed E-state index contributed by atoms with van der Waals surface area (Å²) < 4.78 is 0. The summed E-state index contributed by atoms with van der Waals surface area (Å²) in [6.45, 7) is 7.26. The van der Waals surface area contributed by atoms with Gasteiger partial charge in [-0.3, -0.25) is 0 Å². The molecule has 108 valence electrons. The maximum Gasteiger partial charge on any atom is 0.0319 e. The fourth-order valence-electron chi connectivity index (χ4n) is 1.18. The fraction of sp³-hybridized carbons (Fsp3) is 0.111. The molecule has 20 heavy (non-hydrogen) atoms. The van der Waals surface area contributed by atoms with Gasteiger partial charge in [-0.2, -0.15) is 0 Å². The monoisotopic (exact) mass is 272 g/mol. The number of hydrogen-bond donors (Lipinski definition) is 2. The number of aliphatic hydroxyl groups is 2. The van der Waals surface area contributed by atoms with Gasteiger partial charge in [0.1, 0.15) is 0 Å². The van der Waals surface area contributed by atoms with Crippen LogP contribution in [0.4, 0.5) is 0 Å². The molecule has 0 aliphatic heterocycles. The van der Waals surface area contributed by atoms with Crippen LogP contribution in [0.3, 0.4) is 0 Å². The van der Waals surface area contributed by atoms with Crippen LogP contribution < -0.4 is 0 Å². The van der Waals surface area contributed by atoms with E-state index in [2.05, 4.69) is 13.2 Å². The molecule has 0 spiro atoms. The number of benzene rings is 2. The van der Waals surface area contributed by atoms with Gasteiger partial charge < -0.3 is 10.2 Å². The topological polar surface area (TPSA) is 40.5 Å². The Morgan fingerprint density at radius 2 is 0.850 bits per heavy atom. The molecule has 0 bridgehead atoms. The van der Waals surface area contributed by atoms with Gasteiger partial charge in [-0.05, 0) is 11.1 Å². The first-order valence-electron chi connectivity index (χ1n) is 6.11. The quantitative estimate of drug-likeness (QED) is 0.871. The summed E-state index contributed by atoms with van der Waals surface area (Å²) in [6, 6.07) is 20.1. The molecule has 0 amide bonds. The Morgan fingerprint density at radius 3 is 1.00 bits per heavy atom. The van der Waals surface area contributed by atoms with E-state index in [1.165, 1.54) is 11.1 Å². The first kappa shape index (κ1) is 20.2. The van der Waals surface area contributed by atoms with Crippen molar-refractivity contribution in [3.63, 3.8) is 0 Å². The maximum absolute atomic E-state index is 7.00. The van der Waals surface area contributed by atoms with Gasteiger partial charge in [-0.25, -0.2) is 0 Å². The number of rotatable bonds is 2. The second kappa shape index (κ2) is 16.8. The van der Waals surface area contributed by atoms with Gasteiger partial charge in [0.2, 0.25) is 0 Å². The van der Waals surface area contributed by atoms with E-state index in [-0.39, 0.29) is 0 Å². The predicted molar refractivity (Wildman–Crippen MR) is 89.4 cm³/mol. The molecule has 0 aliphatic carbocycles. The molecule has 2 rings (SSSR count). The fourth-order valence-corrected chi connectivity index (χ4v) is 1.18. The van der Waals surface area contributed by atoms with Gasteiger partial charge in [-0.1, -0.05) is 86.0 Å². The third kappa shape index (κ3) is 11.0. The molecule has 0 aliphatic rings. The minimum absolute atomic E-state index is 1.00. The van der Waals surface area contributed by atoms with E-state index in [1.807, 2.05) is 72.8 Å². The lowest BCUT2D eigenvalue weighted by atomic mass is 10.2. The molecule has 0 fully saturated rings. The van der Waals surface area contributed by atoms with Crippen molar-refractivity contribution >= 4 is 12.2 Å². The van der Waals surface area contributed by atoms with Crippen LogP contribution >= 0.6 is 0 Å². The van der Waals surface area contributed by atoms with Crippen molar-refractivity contribution in [2.75, 3.05) is 14.2 Å². The third-order valence-electron chi connectivity index (χ3n) is 2.07. The minimum atomic E-state index is 1.00. The zero-order valence-electron chi connectivity index (χ0n) is 12.2. The molecule has 2 heteroatoms. The smallest absolute Gasteiger partial charge is 0.0319 e. The van der Waals surface area contributed by atoms with Gasteiger partial charge in [0.15, 0.2) is 0 Å². The van der Waals surface area contributed by atoms with E-state index in [0.717, 1.165) is 14.2 Å². The molecule has 0 radical (unpaired) electrons. The van der Waals surface area contributed by atoms with Crippen LogP contribution in [0.2, 0.25) is 0 Å². The molecule has 0 unspecified atom stereocenters.